The highest BCUT2D eigenvalue weighted by Crippen LogP contribution is 2.49. The number of halogens is 4. The summed E-state index contributed by atoms with van der Waals surface area (Å²) in [4.78, 5) is 28.5. The van der Waals surface area contributed by atoms with Crippen LogP contribution >= 0.6 is 0 Å². The van der Waals surface area contributed by atoms with E-state index in [2.05, 4.69) is 5.32 Å². The third kappa shape index (κ3) is 4.97. The highest BCUT2D eigenvalue weighted by atomic mass is 32.2. The molecule has 5 rings (SSSR count). The number of piperidine rings is 1. The van der Waals surface area contributed by atoms with Crippen LogP contribution in [0.25, 0.3) is 0 Å². The van der Waals surface area contributed by atoms with Crippen LogP contribution in [0.5, 0.6) is 5.75 Å². The van der Waals surface area contributed by atoms with Gasteiger partial charge < -0.3 is 15.0 Å². The summed E-state index contributed by atoms with van der Waals surface area (Å²) in [6, 6.07) is 4.29. The van der Waals surface area contributed by atoms with Crippen LogP contribution in [0.4, 0.5) is 17.6 Å². The number of hydrogen-bond donors (Lipinski definition) is 1. The molecule has 2 aliphatic carbocycles. The molecule has 1 saturated heterocycles. The molecule has 1 heterocycles. The SMILES string of the molecule is COc1ccc(S(C)(=O)=O)cc1C(=O)N1[C@@H](C(=O)NC(c2ccc(C(F)(F)F)cc2F)C2CC2)C[C@H]2C[C@H]21. The highest BCUT2D eigenvalue weighted by molar-refractivity contribution is 7.90. The number of ether oxygens (including phenoxy) is 1. The predicted octanol–water partition coefficient (Wildman–Crippen LogP) is 4.13. The van der Waals surface area contributed by atoms with E-state index >= 15 is 0 Å². The van der Waals surface area contributed by atoms with Crippen molar-refractivity contribution >= 4 is 21.7 Å². The van der Waals surface area contributed by atoms with E-state index in [0.29, 0.717) is 31.7 Å². The number of hydrogen-bond acceptors (Lipinski definition) is 5. The Hall–Kier alpha value is -3.15. The molecule has 4 atom stereocenters. The molecule has 7 nitrogen and oxygen atoms in total. The van der Waals surface area contributed by atoms with Crippen molar-refractivity contribution in [2.45, 2.75) is 54.9 Å². The Morgan fingerprint density at radius 3 is 2.39 bits per heavy atom. The van der Waals surface area contributed by atoms with E-state index in [1.807, 2.05) is 0 Å². The molecule has 2 aromatic rings. The number of nitrogens with one attached hydrogen (secondary N) is 1. The largest absolute Gasteiger partial charge is 0.496 e. The maximum Gasteiger partial charge on any atom is 0.416 e. The summed E-state index contributed by atoms with van der Waals surface area (Å²) < 4.78 is 83.3. The summed E-state index contributed by atoms with van der Waals surface area (Å²) >= 11 is 0. The number of alkyl halides is 3. The van der Waals surface area contributed by atoms with Crippen molar-refractivity contribution in [2.24, 2.45) is 11.8 Å². The van der Waals surface area contributed by atoms with Gasteiger partial charge in [-0.05, 0) is 67.9 Å². The smallest absolute Gasteiger partial charge is 0.416 e. The van der Waals surface area contributed by atoms with E-state index < -0.39 is 51.3 Å². The van der Waals surface area contributed by atoms with Crippen LogP contribution in [0.15, 0.2) is 41.3 Å². The van der Waals surface area contributed by atoms with E-state index in [1.54, 1.807) is 0 Å². The standard InChI is InChI=1S/C26H26F4N2O5S/c1-37-22-8-6-16(38(2,35)36)12-18(22)25(34)32-20-9-14(20)10-21(32)24(33)31-23(13-3-4-13)17-7-5-15(11-19(17)27)26(28,29)30/h5-8,11-14,20-21,23H,3-4,9-10H2,1-2H3,(H,31,33)/t14-,20-,21-,23?/m1/s1. The number of amides is 2. The molecule has 2 aromatic carbocycles. The molecule has 1 unspecified atom stereocenters. The van der Waals surface area contributed by atoms with Gasteiger partial charge in [0, 0.05) is 17.9 Å². The van der Waals surface area contributed by atoms with Gasteiger partial charge in [0.15, 0.2) is 9.84 Å². The molecule has 204 valence electrons. The van der Waals surface area contributed by atoms with Crippen molar-refractivity contribution in [2.75, 3.05) is 13.4 Å². The van der Waals surface area contributed by atoms with Gasteiger partial charge in [0.25, 0.3) is 5.91 Å². The molecule has 3 fully saturated rings. The molecular formula is C26H26F4N2O5S. The normalized spacial score (nSPS) is 23.5. The number of sulfone groups is 1. The molecule has 12 heteroatoms. The first-order valence-corrected chi connectivity index (χ1v) is 14.1. The molecule has 1 aliphatic heterocycles. The van der Waals surface area contributed by atoms with Crippen LogP contribution in [0.1, 0.15) is 53.2 Å². The van der Waals surface area contributed by atoms with Crippen molar-refractivity contribution < 1.29 is 40.3 Å². The number of rotatable bonds is 7. The predicted molar refractivity (Wildman–Crippen MR) is 128 cm³/mol. The summed E-state index contributed by atoms with van der Waals surface area (Å²) in [6.45, 7) is 0. The van der Waals surface area contributed by atoms with Gasteiger partial charge >= 0.3 is 6.18 Å². The number of nitrogens with zero attached hydrogens (tertiary/aromatic N) is 1. The minimum Gasteiger partial charge on any atom is -0.496 e. The van der Waals surface area contributed by atoms with E-state index in [9.17, 15) is 35.6 Å². The maximum atomic E-state index is 14.8. The molecule has 2 saturated carbocycles. The number of methoxy groups -OCH3 is 1. The van der Waals surface area contributed by atoms with Gasteiger partial charge in [-0.15, -0.1) is 0 Å². The van der Waals surface area contributed by atoms with E-state index in [4.69, 9.17) is 4.74 Å². The molecule has 1 N–H and O–H groups in total. The third-order valence-corrected chi connectivity index (χ3v) is 8.64. The Balaban J connectivity index is 1.41. The number of benzene rings is 2. The molecule has 38 heavy (non-hydrogen) atoms. The zero-order valence-corrected chi connectivity index (χ0v) is 21.4. The minimum absolute atomic E-state index is 0.00769. The molecule has 0 bridgehead atoms. The Labute approximate surface area is 217 Å². The first-order valence-electron chi connectivity index (χ1n) is 12.2. The second-order valence-corrected chi connectivity index (χ2v) is 12.2. The van der Waals surface area contributed by atoms with Gasteiger partial charge in [0.1, 0.15) is 17.6 Å². The van der Waals surface area contributed by atoms with E-state index in [-0.39, 0.29) is 39.6 Å². The monoisotopic (exact) mass is 554 g/mol. The van der Waals surface area contributed by atoms with Crippen LogP contribution in [0.2, 0.25) is 0 Å². The van der Waals surface area contributed by atoms with Gasteiger partial charge in [-0.2, -0.15) is 13.2 Å². The lowest BCUT2D eigenvalue weighted by Crippen LogP contribution is -2.49. The van der Waals surface area contributed by atoms with Crippen LogP contribution in [-0.4, -0.2) is 50.6 Å². The molecular weight excluding hydrogens is 528 g/mol. The maximum absolute atomic E-state index is 14.8. The fourth-order valence-corrected chi connectivity index (χ4v) is 5.94. The van der Waals surface area contributed by atoms with Gasteiger partial charge in [0.05, 0.1) is 29.2 Å². The number of carbonyl (C=O) groups is 2. The topological polar surface area (TPSA) is 92.8 Å². The number of fused-ring (bicyclic) bond motifs is 1. The van der Waals surface area contributed by atoms with Crippen LogP contribution in [0.3, 0.4) is 0 Å². The Kier molecular flexibility index (Phi) is 6.44. The molecule has 0 radical (unpaired) electrons. The average Bonchev–Trinajstić information content (AvgIpc) is 3.78. The van der Waals surface area contributed by atoms with Gasteiger partial charge in [0.2, 0.25) is 5.91 Å². The lowest BCUT2D eigenvalue weighted by Gasteiger charge is -2.30. The van der Waals surface area contributed by atoms with Crippen molar-refractivity contribution in [1.29, 1.82) is 0 Å². The zero-order valence-electron chi connectivity index (χ0n) is 20.6. The quantitative estimate of drug-likeness (QED) is 0.520. The molecule has 0 spiro atoms. The van der Waals surface area contributed by atoms with E-state index in [1.165, 1.54) is 30.2 Å². The molecule has 0 aromatic heterocycles. The van der Waals surface area contributed by atoms with Crippen LogP contribution in [-0.2, 0) is 20.8 Å². The third-order valence-electron chi connectivity index (χ3n) is 7.53. The fraction of sp³-hybridized carbons (Fsp3) is 0.462. The van der Waals surface area contributed by atoms with Gasteiger partial charge in [-0.1, -0.05) is 6.07 Å². The first kappa shape index (κ1) is 26.5. The van der Waals surface area contributed by atoms with Crippen LogP contribution in [0, 0.1) is 17.7 Å². The van der Waals surface area contributed by atoms with Crippen molar-refractivity contribution in [3.05, 3.63) is 58.9 Å². The lowest BCUT2D eigenvalue weighted by molar-refractivity contribution is -0.137. The Bertz CT molecular complexity index is 1410. The second-order valence-electron chi connectivity index (χ2n) is 10.2. The molecule has 3 aliphatic rings. The zero-order chi connectivity index (χ0) is 27.6. The average molecular weight is 555 g/mol. The number of carbonyl (C=O) groups excluding carboxylic acids is 2. The van der Waals surface area contributed by atoms with Crippen molar-refractivity contribution in [3.63, 3.8) is 0 Å². The second kappa shape index (κ2) is 9.25. The Morgan fingerprint density at radius 1 is 1.11 bits per heavy atom. The first-order chi connectivity index (χ1) is 17.8. The van der Waals surface area contributed by atoms with Gasteiger partial charge in [-0.25, -0.2) is 12.8 Å². The highest BCUT2D eigenvalue weighted by Gasteiger charge is 2.57. The summed E-state index contributed by atoms with van der Waals surface area (Å²) in [7, 11) is -2.27. The lowest BCUT2D eigenvalue weighted by atomic mass is 9.99. The summed E-state index contributed by atoms with van der Waals surface area (Å²) in [5, 5.41) is 2.80. The summed E-state index contributed by atoms with van der Waals surface area (Å²) in [5.74, 6) is -2.01. The summed E-state index contributed by atoms with van der Waals surface area (Å²) in [6.07, 6.45) is -1.24. The van der Waals surface area contributed by atoms with Gasteiger partial charge in [-0.3, -0.25) is 9.59 Å². The minimum atomic E-state index is -4.70. The Morgan fingerprint density at radius 2 is 1.82 bits per heavy atom. The number of likely N-dealkylation sites (tertiary alicyclic amines) is 1. The van der Waals surface area contributed by atoms with Crippen molar-refractivity contribution in [3.8, 4) is 5.75 Å². The van der Waals surface area contributed by atoms with E-state index in [0.717, 1.165) is 18.4 Å². The fourth-order valence-electron chi connectivity index (χ4n) is 5.29. The summed E-state index contributed by atoms with van der Waals surface area (Å²) in [5.41, 5.74) is -1.14. The van der Waals surface area contributed by atoms with Crippen LogP contribution < -0.4 is 10.1 Å². The van der Waals surface area contributed by atoms with Crippen molar-refractivity contribution in [1.82, 2.24) is 10.2 Å². The molecule has 2 amide bonds.